The van der Waals surface area contributed by atoms with Crippen LogP contribution in [0.2, 0.25) is 5.02 Å². The van der Waals surface area contributed by atoms with Gasteiger partial charge >= 0.3 is 0 Å². The smallest absolute Gasteiger partial charge is 0.243 e. The highest BCUT2D eigenvalue weighted by atomic mass is 35.5. The molecule has 1 N–H and O–H groups in total. The number of sulfonamides is 1. The van der Waals surface area contributed by atoms with Gasteiger partial charge in [-0.3, -0.25) is 9.69 Å². The molecule has 2 saturated heterocycles. The highest BCUT2D eigenvalue weighted by Crippen LogP contribution is 2.49. The third-order valence-corrected chi connectivity index (χ3v) is 9.82. The molecule has 7 nitrogen and oxygen atoms in total. The van der Waals surface area contributed by atoms with Gasteiger partial charge in [-0.1, -0.05) is 31.0 Å². The second kappa shape index (κ2) is 11.3. The minimum atomic E-state index is -3.66. The number of amides is 1. The Kier molecular flexibility index (Phi) is 8.53. The van der Waals surface area contributed by atoms with Crippen LogP contribution in [0.25, 0.3) is 0 Å². The zero-order valence-corrected chi connectivity index (χ0v) is 23.6. The molecule has 1 spiro atoms. The van der Waals surface area contributed by atoms with E-state index in [0.29, 0.717) is 24.7 Å². The van der Waals surface area contributed by atoms with Gasteiger partial charge in [0.1, 0.15) is 5.75 Å². The molecule has 2 aromatic rings. The first kappa shape index (κ1) is 27.9. The number of hydrogen-bond acceptors (Lipinski definition) is 5. The largest absolute Gasteiger partial charge is 0.494 e. The van der Waals surface area contributed by atoms with Crippen molar-refractivity contribution >= 4 is 33.2 Å². The van der Waals surface area contributed by atoms with E-state index in [4.69, 9.17) is 16.3 Å². The maximum absolute atomic E-state index is 13.5. The fourth-order valence-corrected chi connectivity index (χ4v) is 7.83. The maximum Gasteiger partial charge on any atom is 0.243 e. The minimum absolute atomic E-state index is 0.0486. The van der Waals surface area contributed by atoms with E-state index in [0.717, 1.165) is 56.6 Å². The number of halogens is 1. The molecule has 0 atom stereocenters. The van der Waals surface area contributed by atoms with Crippen molar-refractivity contribution in [2.24, 2.45) is 5.41 Å². The number of ether oxygens (including phenoxy) is 1. The van der Waals surface area contributed by atoms with E-state index in [1.165, 1.54) is 6.07 Å². The molecule has 0 aromatic heterocycles. The summed E-state index contributed by atoms with van der Waals surface area (Å²) in [5.41, 5.74) is 0.170. The van der Waals surface area contributed by atoms with Crippen LogP contribution in [-0.2, 0) is 14.8 Å². The lowest BCUT2D eigenvalue weighted by Crippen LogP contribution is -2.45. The van der Waals surface area contributed by atoms with E-state index in [1.54, 1.807) is 22.5 Å². The topological polar surface area (TPSA) is 79.0 Å². The van der Waals surface area contributed by atoms with Crippen molar-refractivity contribution in [1.82, 2.24) is 9.21 Å². The lowest BCUT2D eigenvalue weighted by Gasteiger charge is -2.39. The van der Waals surface area contributed by atoms with Gasteiger partial charge in [0.2, 0.25) is 15.9 Å². The van der Waals surface area contributed by atoms with Crippen LogP contribution in [0, 0.1) is 5.41 Å². The molecule has 0 radical (unpaired) electrons. The fourth-order valence-electron chi connectivity index (χ4n) is 5.64. The minimum Gasteiger partial charge on any atom is -0.494 e. The number of unbranched alkanes of at least 4 members (excludes halogenated alkanes) is 1. The van der Waals surface area contributed by atoms with E-state index >= 15 is 0 Å². The van der Waals surface area contributed by atoms with Gasteiger partial charge in [0.05, 0.1) is 18.0 Å². The number of rotatable bonds is 9. The fraction of sp³-hybridized carbons (Fsp3) is 0.536. The number of benzene rings is 2. The molecule has 0 saturated carbocycles. The predicted octanol–water partition coefficient (Wildman–Crippen LogP) is 5.41. The number of anilines is 1. The molecule has 202 valence electrons. The predicted molar refractivity (Wildman–Crippen MR) is 148 cm³/mol. The van der Waals surface area contributed by atoms with Gasteiger partial charge in [-0.05, 0) is 100 Å². The zero-order valence-electron chi connectivity index (χ0n) is 22.0. The zero-order chi connectivity index (χ0) is 26.7. The Labute approximate surface area is 226 Å². The molecule has 4 rings (SSSR count). The molecule has 2 fully saturated rings. The Morgan fingerprint density at radius 1 is 1.11 bits per heavy atom. The normalized spacial score (nSPS) is 19.7. The molecule has 1 amide bonds. The molecule has 2 aliphatic rings. The Bertz CT molecular complexity index is 1190. The van der Waals surface area contributed by atoms with Crippen LogP contribution in [0.5, 0.6) is 5.75 Å². The molecule has 2 aromatic carbocycles. The van der Waals surface area contributed by atoms with Crippen LogP contribution in [0.1, 0.15) is 52.9 Å². The molecule has 37 heavy (non-hydrogen) atoms. The second-order valence-electron chi connectivity index (χ2n) is 11.0. The second-order valence-corrected chi connectivity index (χ2v) is 13.3. The molecule has 9 heteroatoms. The van der Waals surface area contributed by atoms with Gasteiger partial charge in [-0.2, -0.15) is 4.31 Å². The van der Waals surface area contributed by atoms with Crippen molar-refractivity contribution < 1.29 is 17.9 Å². The summed E-state index contributed by atoms with van der Waals surface area (Å²) in [4.78, 5) is 15.1. The van der Waals surface area contributed by atoms with Crippen molar-refractivity contribution in [1.29, 1.82) is 0 Å². The monoisotopic (exact) mass is 547 g/mol. The van der Waals surface area contributed by atoms with E-state index in [9.17, 15) is 13.2 Å². The first-order chi connectivity index (χ1) is 17.5. The van der Waals surface area contributed by atoms with Crippen LogP contribution in [-0.4, -0.2) is 61.9 Å². The van der Waals surface area contributed by atoms with Gasteiger partial charge < -0.3 is 10.1 Å². The van der Waals surface area contributed by atoms with Crippen molar-refractivity contribution in [3.63, 3.8) is 0 Å². The lowest BCUT2D eigenvalue weighted by atomic mass is 9.74. The summed E-state index contributed by atoms with van der Waals surface area (Å²) in [5, 5.41) is 3.39. The van der Waals surface area contributed by atoms with Crippen molar-refractivity contribution in [2.45, 2.75) is 63.3 Å². The average Bonchev–Trinajstić information content (AvgIpc) is 3.12. The number of carbonyl (C=O) groups is 1. The molecule has 0 aliphatic carbocycles. The summed E-state index contributed by atoms with van der Waals surface area (Å²) in [7, 11) is -3.66. The van der Waals surface area contributed by atoms with Crippen molar-refractivity contribution in [3.8, 4) is 5.75 Å². The molecule has 0 unspecified atom stereocenters. The SMILES string of the molecule is CCCCOc1ccc(NC(=O)CN2CCC3(CC2)CN(S(=O)(=O)c2cccc(Cl)c2)C(C)(C)C3)cc1. The quantitative estimate of drug-likeness (QED) is 0.424. The van der Waals surface area contributed by atoms with Crippen molar-refractivity contribution in [2.75, 3.05) is 38.1 Å². The van der Waals surface area contributed by atoms with Crippen LogP contribution in [0.4, 0.5) is 5.69 Å². The molecular formula is C28H38ClN3O4S. The van der Waals surface area contributed by atoms with Crippen LogP contribution in [0.15, 0.2) is 53.4 Å². The third-order valence-electron chi connectivity index (χ3n) is 7.53. The standard InChI is InChI=1S/C28H38ClN3O4S/c1-4-5-17-36-24-11-9-23(10-12-24)30-26(33)19-31-15-13-28(14-16-31)20-27(2,3)32(21-28)37(34,35)25-8-6-7-22(29)18-25/h6-12,18H,4-5,13-17,19-21H2,1-3H3,(H,30,33). The third kappa shape index (κ3) is 6.66. The van der Waals surface area contributed by atoms with Crippen molar-refractivity contribution in [3.05, 3.63) is 53.6 Å². The van der Waals surface area contributed by atoms with Gasteiger partial charge in [0.15, 0.2) is 0 Å². The summed E-state index contributed by atoms with van der Waals surface area (Å²) in [6.07, 6.45) is 4.61. The van der Waals surface area contributed by atoms with Crippen LogP contribution in [0.3, 0.4) is 0 Å². The van der Waals surface area contributed by atoms with E-state index < -0.39 is 15.6 Å². The highest BCUT2D eigenvalue weighted by molar-refractivity contribution is 7.89. The van der Waals surface area contributed by atoms with Gasteiger partial charge in [-0.25, -0.2) is 8.42 Å². The van der Waals surface area contributed by atoms with E-state index in [1.807, 2.05) is 38.1 Å². The lowest BCUT2D eigenvalue weighted by molar-refractivity contribution is -0.117. The number of nitrogens with zero attached hydrogens (tertiary/aromatic N) is 2. The summed E-state index contributed by atoms with van der Waals surface area (Å²) in [5.74, 6) is 0.756. The Morgan fingerprint density at radius 2 is 1.81 bits per heavy atom. The number of carbonyl (C=O) groups excluding carboxylic acids is 1. The average molecular weight is 548 g/mol. The summed E-state index contributed by atoms with van der Waals surface area (Å²) in [6.45, 7) is 9.16. The first-order valence-electron chi connectivity index (χ1n) is 13.1. The Hall–Kier alpha value is -2.13. The number of likely N-dealkylation sites (tertiary alicyclic amines) is 1. The first-order valence-corrected chi connectivity index (χ1v) is 14.9. The molecule has 2 aliphatic heterocycles. The number of hydrogen-bond donors (Lipinski definition) is 1. The number of nitrogens with one attached hydrogen (secondary N) is 1. The van der Waals surface area contributed by atoms with Crippen LogP contribution < -0.4 is 10.1 Å². The summed E-state index contributed by atoms with van der Waals surface area (Å²) >= 11 is 6.08. The van der Waals surface area contributed by atoms with Gasteiger partial charge in [0.25, 0.3) is 0 Å². The van der Waals surface area contributed by atoms with Crippen LogP contribution >= 0.6 is 11.6 Å². The highest BCUT2D eigenvalue weighted by Gasteiger charge is 2.53. The molecule has 0 bridgehead atoms. The Balaban J connectivity index is 1.31. The van der Waals surface area contributed by atoms with E-state index in [-0.39, 0.29) is 16.2 Å². The number of piperidine rings is 1. The molecular weight excluding hydrogens is 510 g/mol. The van der Waals surface area contributed by atoms with Gasteiger partial charge in [0, 0.05) is 22.8 Å². The molecule has 2 heterocycles. The summed E-state index contributed by atoms with van der Waals surface area (Å²) in [6, 6.07) is 14.0. The maximum atomic E-state index is 13.5. The summed E-state index contributed by atoms with van der Waals surface area (Å²) < 4.78 is 34.3. The van der Waals surface area contributed by atoms with Gasteiger partial charge in [-0.15, -0.1) is 0 Å². The Morgan fingerprint density at radius 3 is 2.46 bits per heavy atom. The van der Waals surface area contributed by atoms with E-state index in [2.05, 4.69) is 17.1 Å².